The second-order valence-corrected chi connectivity index (χ2v) is 8.94. The van der Waals surface area contributed by atoms with Crippen LogP contribution in [-0.2, 0) is 0 Å². The highest BCUT2D eigenvalue weighted by molar-refractivity contribution is 6.33. The highest BCUT2D eigenvalue weighted by Gasteiger charge is 2.25. The standard InChI is InChI=1S/C28H26ClN3O2/c1-19-7-12-26-23(17-19)24(18-27(30-26)22-5-3-4-6-25(22)29)28(33)32-15-13-31(14-16-32)20-8-10-21(34-2)11-9-20/h3-12,17-18H,13-16H2,1-2H3. The number of methoxy groups -OCH3 is 1. The monoisotopic (exact) mass is 471 g/mol. The second kappa shape index (κ2) is 9.35. The molecule has 0 bridgehead atoms. The summed E-state index contributed by atoms with van der Waals surface area (Å²) >= 11 is 6.46. The summed E-state index contributed by atoms with van der Waals surface area (Å²) in [7, 11) is 1.67. The Morgan fingerprint density at radius 2 is 1.68 bits per heavy atom. The number of fused-ring (bicyclic) bond motifs is 1. The van der Waals surface area contributed by atoms with Gasteiger partial charge in [-0.25, -0.2) is 4.98 Å². The lowest BCUT2D eigenvalue weighted by molar-refractivity contribution is 0.0748. The minimum atomic E-state index is 0.0284. The molecule has 0 aliphatic carbocycles. The number of aromatic nitrogens is 1. The number of hydrogen-bond donors (Lipinski definition) is 0. The number of amides is 1. The van der Waals surface area contributed by atoms with Crippen molar-refractivity contribution in [1.82, 2.24) is 9.88 Å². The van der Waals surface area contributed by atoms with Crippen molar-refractivity contribution in [3.8, 4) is 17.0 Å². The molecule has 0 saturated carbocycles. The number of pyridine rings is 1. The molecule has 0 spiro atoms. The van der Waals surface area contributed by atoms with Gasteiger partial charge >= 0.3 is 0 Å². The molecular formula is C28H26ClN3O2. The van der Waals surface area contributed by atoms with Crippen LogP contribution in [0.4, 0.5) is 5.69 Å². The van der Waals surface area contributed by atoms with Gasteiger partial charge in [0.1, 0.15) is 5.75 Å². The molecule has 3 aromatic carbocycles. The fourth-order valence-corrected chi connectivity index (χ4v) is 4.69. The Morgan fingerprint density at radius 3 is 2.38 bits per heavy atom. The number of benzene rings is 3. The molecule has 1 aliphatic heterocycles. The number of rotatable bonds is 4. The highest BCUT2D eigenvalue weighted by Crippen LogP contribution is 2.31. The van der Waals surface area contributed by atoms with Crippen LogP contribution in [-0.4, -0.2) is 49.1 Å². The number of carbonyl (C=O) groups excluding carboxylic acids is 1. The third-order valence-corrected chi connectivity index (χ3v) is 6.68. The lowest BCUT2D eigenvalue weighted by atomic mass is 10.0. The minimum Gasteiger partial charge on any atom is -0.497 e. The van der Waals surface area contributed by atoms with E-state index in [2.05, 4.69) is 17.0 Å². The number of anilines is 1. The first-order valence-corrected chi connectivity index (χ1v) is 11.8. The molecule has 34 heavy (non-hydrogen) atoms. The maximum absolute atomic E-state index is 13.8. The number of carbonyl (C=O) groups is 1. The van der Waals surface area contributed by atoms with E-state index in [1.807, 2.05) is 72.5 Å². The Labute approximate surface area is 204 Å². The van der Waals surface area contributed by atoms with E-state index in [0.29, 0.717) is 29.4 Å². The van der Waals surface area contributed by atoms with Crippen molar-refractivity contribution in [3.05, 3.63) is 88.9 Å². The molecule has 2 heterocycles. The number of nitrogens with zero attached hydrogens (tertiary/aromatic N) is 3. The van der Waals surface area contributed by atoms with Crippen LogP contribution >= 0.6 is 11.6 Å². The van der Waals surface area contributed by atoms with E-state index in [1.54, 1.807) is 7.11 Å². The predicted molar refractivity (Wildman–Crippen MR) is 138 cm³/mol. The molecule has 1 fully saturated rings. The van der Waals surface area contributed by atoms with Crippen LogP contribution in [0.1, 0.15) is 15.9 Å². The van der Waals surface area contributed by atoms with Gasteiger partial charge in [0, 0.05) is 47.8 Å². The molecule has 0 unspecified atom stereocenters. The number of ether oxygens (including phenoxy) is 1. The normalized spacial score (nSPS) is 13.9. The van der Waals surface area contributed by atoms with Crippen molar-refractivity contribution in [1.29, 1.82) is 0 Å². The lowest BCUT2D eigenvalue weighted by Crippen LogP contribution is -2.48. The first kappa shape index (κ1) is 22.2. The van der Waals surface area contributed by atoms with Gasteiger partial charge in [0.15, 0.2) is 0 Å². The van der Waals surface area contributed by atoms with Crippen molar-refractivity contribution in [2.24, 2.45) is 0 Å². The van der Waals surface area contributed by atoms with Gasteiger partial charge in [0.2, 0.25) is 0 Å². The van der Waals surface area contributed by atoms with Crippen LogP contribution in [0, 0.1) is 6.92 Å². The zero-order chi connectivity index (χ0) is 23.7. The summed E-state index contributed by atoms with van der Waals surface area (Å²) in [5.74, 6) is 0.868. The minimum absolute atomic E-state index is 0.0284. The third kappa shape index (κ3) is 4.31. The first-order chi connectivity index (χ1) is 16.5. The maximum atomic E-state index is 13.8. The molecule has 172 valence electrons. The molecule has 4 aromatic rings. The Bertz CT molecular complexity index is 1350. The van der Waals surface area contributed by atoms with Crippen molar-refractivity contribution >= 4 is 34.1 Å². The van der Waals surface area contributed by atoms with Gasteiger partial charge in [-0.3, -0.25) is 4.79 Å². The third-order valence-electron chi connectivity index (χ3n) is 6.35. The Hall–Kier alpha value is -3.57. The summed E-state index contributed by atoms with van der Waals surface area (Å²) in [6.45, 7) is 4.89. The van der Waals surface area contributed by atoms with Crippen LogP contribution in [0.3, 0.4) is 0 Å². The fourth-order valence-electron chi connectivity index (χ4n) is 4.45. The quantitative estimate of drug-likeness (QED) is 0.375. The molecule has 1 aliphatic rings. The van der Waals surface area contributed by atoms with E-state index < -0.39 is 0 Å². The summed E-state index contributed by atoms with van der Waals surface area (Å²) in [5, 5.41) is 1.49. The van der Waals surface area contributed by atoms with Crippen LogP contribution in [0.5, 0.6) is 5.75 Å². The van der Waals surface area contributed by atoms with Crippen molar-refractivity contribution in [2.45, 2.75) is 6.92 Å². The van der Waals surface area contributed by atoms with Crippen LogP contribution in [0.15, 0.2) is 72.8 Å². The predicted octanol–water partition coefficient (Wildman–Crippen LogP) is 5.83. The highest BCUT2D eigenvalue weighted by atomic mass is 35.5. The lowest BCUT2D eigenvalue weighted by Gasteiger charge is -2.36. The molecule has 0 radical (unpaired) electrons. The van der Waals surface area contributed by atoms with Gasteiger partial charge in [-0.15, -0.1) is 0 Å². The maximum Gasteiger partial charge on any atom is 0.254 e. The molecule has 5 nitrogen and oxygen atoms in total. The van der Waals surface area contributed by atoms with E-state index in [4.69, 9.17) is 21.3 Å². The zero-order valence-corrected chi connectivity index (χ0v) is 20.0. The molecular weight excluding hydrogens is 446 g/mol. The summed E-state index contributed by atoms with van der Waals surface area (Å²) in [5.41, 5.74) is 5.23. The smallest absolute Gasteiger partial charge is 0.254 e. The number of halogens is 1. The molecule has 1 saturated heterocycles. The summed E-state index contributed by atoms with van der Waals surface area (Å²) in [6.07, 6.45) is 0. The zero-order valence-electron chi connectivity index (χ0n) is 19.3. The summed E-state index contributed by atoms with van der Waals surface area (Å²) in [6, 6.07) is 23.6. The molecule has 1 amide bonds. The first-order valence-electron chi connectivity index (χ1n) is 11.4. The van der Waals surface area contributed by atoms with E-state index in [-0.39, 0.29) is 5.91 Å². The van der Waals surface area contributed by atoms with Gasteiger partial charge in [-0.2, -0.15) is 0 Å². The van der Waals surface area contributed by atoms with E-state index in [1.165, 1.54) is 0 Å². The molecule has 1 aromatic heterocycles. The van der Waals surface area contributed by atoms with Crippen molar-refractivity contribution in [2.75, 3.05) is 38.2 Å². The van der Waals surface area contributed by atoms with Crippen LogP contribution < -0.4 is 9.64 Å². The topological polar surface area (TPSA) is 45.7 Å². The SMILES string of the molecule is COc1ccc(N2CCN(C(=O)c3cc(-c4ccccc4Cl)nc4ccc(C)cc34)CC2)cc1. The second-order valence-electron chi connectivity index (χ2n) is 8.53. The summed E-state index contributed by atoms with van der Waals surface area (Å²) < 4.78 is 5.26. The number of hydrogen-bond acceptors (Lipinski definition) is 4. The van der Waals surface area contributed by atoms with Gasteiger partial charge in [0.05, 0.1) is 23.9 Å². The average Bonchev–Trinajstić information content (AvgIpc) is 2.88. The Kier molecular flexibility index (Phi) is 6.12. The van der Waals surface area contributed by atoms with Gasteiger partial charge in [0.25, 0.3) is 5.91 Å². The van der Waals surface area contributed by atoms with E-state index in [9.17, 15) is 4.79 Å². The molecule has 0 atom stereocenters. The van der Waals surface area contributed by atoms with Crippen molar-refractivity contribution < 1.29 is 9.53 Å². The van der Waals surface area contributed by atoms with Crippen LogP contribution in [0.2, 0.25) is 5.02 Å². The largest absolute Gasteiger partial charge is 0.497 e. The van der Waals surface area contributed by atoms with E-state index >= 15 is 0 Å². The number of piperazine rings is 1. The molecule has 0 N–H and O–H groups in total. The molecule has 6 heteroatoms. The number of aryl methyl sites for hydroxylation is 1. The Morgan fingerprint density at radius 1 is 0.941 bits per heavy atom. The van der Waals surface area contributed by atoms with Crippen LogP contribution in [0.25, 0.3) is 22.2 Å². The van der Waals surface area contributed by atoms with Crippen molar-refractivity contribution in [3.63, 3.8) is 0 Å². The summed E-state index contributed by atoms with van der Waals surface area (Å²) in [4.78, 5) is 22.8. The van der Waals surface area contributed by atoms with Gasteiger partial charge in [-0.1, -0.05) is 41.4 Å². The van der Waals surface area contributed by atoms with E-state index in [0.717, 1.165) is 46.6 Å². The van der Waals surface area contributed by atoms with Gasteiger partial charge < -0.3 is 14.5 Å². The Balaban J connectivity index is 1.44. The average molecular weight is 472 g/mol. The van der Waals surface area contributed by atoms with Gasteiger partial charge in [-0.05, 0) is 55.5 Å². The fraction of sp³-hybridized carbons (Fsp3) is 0.214. The molecule has 5 rings (SSSR count).